The Morgan fingerprint density at radius 1 is 0.872 bits per heavy atom. The lowest BCUT2D eigenvalue weighted by atomic mass is 10.1. The van der Waals surface area contributed by atoms with E-state index in [9.17, 15) is 0 Å². The number of hydrogen-bond acceptors (Lipinski definition) is 6. The molecule has 2 aromatic carbocycles. The molecule has 6 rings (SSSR count). The van der Waals surface area contributed by atoms with Gasteiger partial charge in [0.2, 0.25) is 0 Å². The summed E-state index contributed by atoms with van der Waals surface area (Å²) in [4.78, 5) is 13.0. The monoisotopic (exact) mass is 549 g/mol. The van der Waals surface area contributed by atoms with Crippen LogP contribution in [0.5, 0.6) is 5.75 Å². The topological polar surface area (TPSA) is 43.9 Å². The third kappa shape index (κ3) is 7.35. The Labute approximate surface area is 238 Å². The van der Waals surface area contributed by atoms with Crippen LogP contribution >= 0.6 is 11.6 Å². The van der Waals surface area contributed by atoms with Crippen molar-refractivity contribution in [3.8, 4) is 5.75 Å². The quantitative estimate of drug-likeness (QED) is 0.197. The van der Waals surface area contributed by atoms with Crippen molar-refractivity contribution in [3.05, 3.63) is 41.4 Å². The predicted molar refractivity (Wildman–Crippen MR) is 163 cm³/mol. The Kier molecular flexibility index (Phi) is 8.74. The Bertz CT molecular complexity index is 1240. The zero-order valence-electron chi connectivity index (χ0n) is 23.5. The molecular weight excluding hydrogens is 506 g/mol. The van der Waals surface area contributed by atoms with E-state index in [1.54, 1.807) is 7.11 Å². The minimum absolute atomic E-state index is 0.710. The Hall–Kier alpha value is -2.12. The smallest absolute Gasteiger partial charge is 0.119 e. The second-order valence-electron chi connectivity index (χ2n) is 12.0. The minimum atomic E-state index is 0.710. The maximum Gasteiger partial charge on any atom is 0.119 e. The first kappa shape index (κ1) is 27.1. The molecule has 0 spiro atoms. The third-order valence-corrected chi connectivity index (χ3v) is 8.97. The average Bonchev–Trinajstić information content (AvgIpc) is 3.89. The summed E-state index contributed by atoms with van der Waals surface area (Å²) in [5, 5.41) is 6.64. The molecule has 1 N–H and O–H groups in total. The van der Waals surface area contributed by atoms with Gasteiger partial charge >= 0.3 is 0 Å². The van der Waals surface area contributed by atoms with E-state index in [4.69, 9.17) is 21.3 Å². The normalized spacial score (nSPS) is 18.8. The summed E-state index contributed by atoms with van der Waals surface area (Å²) in [6, 6.07) is 12.0. The van der Waals surface area contributed by atoms with Crippen LogP contribution in [0.2, 0.25) is 5.02 Å². The Morgan fingerprint density at radius 2 is 1.56 bits per heavy atom. The number of nitrogens with one attached hydrogen (secondary N) is 1. The molecule has 210 valence electrons. The SMILES string of the molecule is COc1ccc2nc3cc(Cl)ccc3c(NCCCN3CCN(CCCN(CC4CC4)CC4CC4)CC3)c2c1. The van der Waals surface area contributed by atoms with Crippen molar-refractivity contribution < 1.29 is 4.74 Å². The fourth-order valence-electron chi connectivity index (χ4n) is 6.07. The van der Waals surface area contributed by atoms with Crippen molar-refractivity contribution in [2.24, 2.45) is 11.8 Å². The van der Waals surface area contributed by atoms with E-state index in [1.807, 2.05) is 24.3 Å². The summed E-state index contributed by atoms with van der Waals surface area (Å²) in [6.45, 7) is 12.1. The van der Waals surface area contributed by atoms with Crippen molar-refractivity contribution >= 4 is 39.1 Å². The van der Waals surface area contributed by atoms with Crippen LogP contribution in [0.4, 0.5) is 5.69 Å². The Balaban J connectivity index is 0.960. The molecule has 1 aromatic heterocycles. The molecule has 6 nitrogen and oxygen atoms in total. The van der Waals surface area contributed by atoms with Gasteiger partial charge in [-0.1, -0.05) is 11.6 Å². The lowest BCUT2D eigenvalue weighted by molar-refractivity contribution is 0.125. The lowest BCUT2D eigenvalue weighted by Crippen LogP contribution is -2.47. The zero-order valence-corrected chi connectivity index (χ0v) is 24.3. The van der Waals surface area contributed by atoms with Crippen molar-refractivity contribution in [1.29, 1.82) is 0 Å². The summed E-state index contributed by atoms with van der Waals surface area (Å²) in [6.07, 6.45) is 8.32. The van der Waals surface area contributed by atoms with Gasteiger partial charge in [0.1, 0.15) is 5.75 Å². The third-order valence-electron chi connectivity index (χ3n) is 8.74. The number of piperazine rings is 1. The van der Waals surface area contributed by atoms with Gasteiger partial charge in [-0.3, -0.25) is 0 Å². The van der Waals surface area contributed by atoms with Gasteiger partial charge in [0.25, 0.3) is 0 Å². The second kappa shape index (κ2) is 12.6. The molecule has 0 radical (unpaired) electrons. The van der Waals surface area contributed by atoms with Gasteiger partial charge in [-0.15, -0.1) is 0 Å². The number of ether oxygens (including phenoxy) is 1. The van der Waals surface area contributed by atoms with E-state index in [0.717, 1.165) is 64.6 Å². The van der Waals surface area contributed by atoms with Crippen molar-refractivity contribution in [2.45, 2.75) is 38.5 Å². The predicted octanol–water partition coefficient (Wildman–Crippen LogP) is 5.98. The molecule has 0 atom stereocenters. The zero-order chi connectivity index (χ0) is 26.6. The highest BCUT2D eigenvalue weighted by atomic mass is 35.5. The number of hydrogen-bond donors (Lipinski definition) is 1. The summed E-state index contributed by atoms with van der Waals surface area (Å²) in [5.74, 6) is 2.87. The number of fused-ring (bicyclic) bond motifs is 2. The molecule has 2 aliphatic carbocycles. The van der Waals surface area contributed by atoms with Gasteiger partial charge in [-0.25, -0.2) is 4.98 Å². The average molecular weight is 550 g/mol. The van der Waals surface area contributed by atoms with E-state index < -0.39 is 0 Å². The highest BCUT2D eigenvalue weighted by Gasteiger charge is 2.29. The molecular formula is C32H44ClN5O. The summed E-state index contributed by atoms with van der Waals surface area (Å²) in [7, 11) is 1.71. The number of aromatic nitrogens is 1. The van der Waals surface area contributed by atoms with Crippen LogP contribution in [0.1, 0.15) is 38.5 Å². The molecule has 3 fully saturated rings. The molecule has 7 heteroatoms. The molecule has 2 heterocycles. The van der Waals surface area contributed by atoms with Gasteiger partial charge in [-0.2, -0.15) is 0 Å². The maximum atomic E-state index is 6.28. The molecule has 0 unspecified atom stereocenters. The van der Waals surface area contributed by atoms with Crippen LogP contribution in [0.3, 0.4) is 0 Å². The van der Waals surface area contributed by atoms with Crippen LogP contribution in [0, 0.1) is 11.8 Å². The molecule has 0 amide bonds. The molecule has 3 aromatic rings. The first-order valence-electron chi connectivity index (χ1n) is 15.1. The number of methoxy groups -OCH3 is 1. The lowest BCUT2D eigenvalue weighted by Gasteiger charge is -2.35. The first-order valence-corrected chi connectivity index (χ1v) is 15.5. The van der Waals surface area contributed by atoms with E-state index in [1.165, 1.54) is 84.5 Å². The first-order chi connectivity index (χ1) is 19.1. The molecule has 1 aliphatic heterocycles. The van der Waals surface area contributed by atoms with Crippen LogP contribution in [-0.4, -0.2) is 92.2 Å². The number of pyridine rings is 1. The number of halogens is 1. The van der Waals surface area contributed by atoms with Gasteiger partial charge < -0.3 is 24.8 Å². The summed E-state index contributed by atoms with van der Waals surface area (Å²) < 4.78 is 5.50. The molecule has 2 saturated carbocycles. The van der Waals surface area contributed by atoms with Gasteiger partial charge in [0, 0.05) is 61.6 Å². The molecule has 3 aliphatic rings. The maximum absolute atomic E-state index is 6.28. The van der Waals surface area contributed by atoms with E-state index in [-0.39, 0.29) is 0 Å². The molecule has 39 heavy (non-hydrogen) atoms. The van der Waals surface area contributed by atoms with Crippen molar-refractivity contribution in [2.75, 3.05) is 77.9 Å². The highest BCUT2D eigenvalue weighted by Crippen LogP contribution is 2.35. The van der Waals surface area contributed by atoms with E-state index in [0.29, 0.717) is 5.02 Å². The second-order valence-corrected chi connectivity index (χ2v) is 12.4. The molecule has 0 bridgehead atoms. The minimum Gasteiger partial charge on any atom is -0.497 e. The van der Waals surface area contributed by atoms with Crippen LogP contribution in [-0.2, 0) is 0 Å². The Morgan fingerprint density at radius 3 is 2.23 bits per heavy atom. The summed E-state index contributed by atoms with van der Waals surface area (Å²) in [5.41, 5.74) is 2.99. The molecule has 1 saturated heterocycles. The number of rotatable bonds is 14. The van der Waals surface area contributed by atoms with Crippen molar-refractivity contribution in [1.82, 2.24) is 19.7 Å². The summed E-state index contributed by atoms with van der Waals surface area (Å²) >= 11 is 6.28. The fraction of sp³-hybridized carbons (Fsp3) is 0.594. The van der Waals surface area contributed by atoms with Gasteiger partial charge in [-0.05, 0) is 106 Å². The van der Waals surface area contributed by atoms with Crippen LogP contribution in [0.15, 0.2) is 36.4 Å². The van der Waals surface area contributed by atoms with Crippen LogP contribution in [0.25, 0.3) is 21.8 Å². The largest absolute Gasteiger partial charge is 0.497 e. The standard InChI is InChI=1S/C32H44ClN5O/c1-39-27-9-11-30-29(21-27)32(28-10-8-26(33)20-31(28)35-30)34-12-2-13-36-16-18-37(19-17-36)14-3-15-38(22-24-4-5-24)23-25-6-7-25/h8-11,20-21,24-25H,2-7,12-19,22-23H2,1H3,(H,34,35). The van der Waals surface area contributed by atoms with E-state index >= 15 is 0 Å². The number of anilines is 1. The van der Waals surface area contributed by atoms with Crippen LogP contribution < -0.4 is 10.1 Å². The van der Waals surface area contributed by atoms with E-state index in [2.05, 4.69) is 32.1 Å². The van der Waals surface area contributed by atoms with Crippen molar-refractivity contribution in [3.63, 3.8) is 0 Å². The number of benzene rings is 2. The highest BCUT2D eigenvalue weighted by molar-refractivity contribution is 6.31. The fourth-order valence-corrected chi connectivity index (χ4v) is 6.24. The van der Waals surface area contributed by atoms with Gasteiger partial charge in [0.15, 0.2) is 0 Å². The van der Waals surface area contributed by atoms with Gasteiger partial charge in [0.05, 0.1) is 23.8 Å². The number of nitrogens with zero attached hydrogens (tertiary/aromatic N) is 4.